The van der Waals surface area contributed by atoms with Crippen LogP contribution in [0.25, 0.3) is 27.6 Å². The molecule has 25 heavy (non-hydrogen) atoms. The van der Waals surface area contributed by atoms with Crippen LogP contribution in [0.1, 0.15) is 5.82 Å². The highest BCUT2D eigenvalue weighted by molar-refractivity contribution is 6.30. The number of aromatic nitrogens is 3. The first kappa shape index (κ1) is 15.6. The number of hydrogen-bond donors (Lipinski definition) is 0. The van der Waals surface area contributed by atoms with Gasteiger partial charge < -0.3 is 4.57 Å². The Kier molecular flexibility index (Phi) is 3.47. The normalized spacial score (nSPS) is 11.3. The molecule has 0 saturated carbocycles. The Labute approximate surface area is 147 Å². The van der Waals surface area contributed by atoms with Crippen molar-refractivity contribution in [2.75, 3.05) is 0 Å². The van der Waals surface area contributed by atoms with E-state index < -0.39 is 5.56 Å². The first-order chi connectivity index (χ1) is 12.0. The Morgan fingerprint density at radius 1 is 1.04 bits per heavy atom. The maximum Gasteiger partial charge on any atom is 0.271 e. The third-order valence-corrected chi connectivity index (χ3v) is 4.59. The molecule has 0 fully saturated rings. The summed E-state index contributed by atoms with van der Waals surface area (Å²) in [5.74, 6) is 0.491. The second-order valence-electron chi connectivity index (χ2n) is 5.88. The summed E-state index contributed by atoms with van der Waals surface area (Å²) < 4.78 is 3.20. The molecule has 2 aromatic heterocycles. The van der Waals surface area contributed by atoms with Gasteiger partial charge in [-0.3, -0.25) is 14.2 Å². The van der Waals surface area contributed by atoms with E-state index in [-0.39, 0.29) is 10.8 Å². The van der Waals surface area contributed by atoms with Gasteiger partial charge in [0.1, 0.15) is 11.2 Å². The fourth-order valence-electron chi connectivity index (χ4n) is 3.18. The molecule has 0 aliphatic carbocycles. The summed E-state index contributed by atoms with van der Waals surface area (Å²) in [6.45, 7) is 1.74. The second kappa shape index (κ2) is 5.57. The average molecular weight is 352 g/mol. The number of hydrogen-bond acceptors (Lipinski definition) is 3. The predicted molar refractivity (Wildman–Crippen MR) is 99.8 cm³/mol. The quantitative estimate of drug-likeness (QED) is 0.495. The van der Waals surface area contributed by atoms with Crippen LogP contribution < -0.4 is 11.0 Å². The summed E-state index contributed by atoms with van der Waals surface area (Å²) in [5.41, 5.74) is 1.00. The minimum absolute atomic E-state index is 0.0757. The van der Waals surface area contributed by atoms with Gasteiger partial charge in [0, 0.05) is 17.5 Å². The van der Waals surface area contributed by atoms with E-state index in [1.54, 1.807) is 54.9 Å². The van der Waals surface area contributed by atoms with Gasteiger partial charge in [-0.05, 0) is 37.3 Å². The Balaban J connectivity index is 2.23. The lowest BCUT2D eigenvalue weighted by Crippen LogP contribution is -2.28. The molecule has 124 valence electrons. The maximum atomic E-state index is 13.1. The summed E-state index contributed by atoms with van der Waals surface area (Å²) >= 11 is 6.05. The summed E-state index contributed by atoms with van der Waals surface area (Å²) in [6, 6.07) is 14.1. The van der Waals surface area contributed by atoms with E-state index in [1.807, 2.05) is 12.1 Å². The molecule has 6 heteroatoms. The molecule has 0 aliphatic rings. The molecule has 4 rings (SSSR count). The lowest BCUT2D eigenvalue weighted by Gasteiger charge is -2.14. The van der Waals surface area contributed by atoms with Crippen molar-refractivity contribution >= 4 is 33.5 Å². The molecule has 2 aromatic carbocycles. The largest absolute Gasteiger partial charge is 0.328 e. The first-order valence-corrected chi connectivity index (χ1v) is 8.14. The average Bonchev–Trinajstić information content (AvgIpc) is 2.59. The summed E-state index contributed by atoms with van der Waals surface area (Å²) in [5, 5.41) is 1.08. The van der Waals surface area contributed by atoms with E-state index in [9.17, 15) is 9.59 Å². The number of rotatable bonds is 1. The number of pyridine rings is 1. The third kappa shape index (κ3) is 2.27. The molecule has 0 bridgehead atoms. The molecule has 2 heterocycles. The molecule has 0 N–H and O–H groups in total. The topological polar surface area (TPSA) is 56.9 Å². The predicted octanol–water partition coefficient (Wildman–Crippen LogP) is 3.20. The van der Waals surface area contributed by atoms with Crippen LogP contribution >= 0.6 is 11.6 Å². The molecular formula is C19H14ClN3O2. The van der Waals surface area contributed by atoms with E-state index in [0.29, 0.717) is 27.6 Å². The van der Waals surface area contributed by atoms with Gasteiger partial charge in [0.15, 0.2) is 5.65 Å². The highest BCUT2D eigenvalue weighted by atomic mass is 35.5. The molecule has 0 aliphatic heterocycles. The Bertz CT molecular complexity index is 1270. The lowest BCUT2D eigenvalue weighted by atomic mass is 10.1. The van der Waals surface area contributed by atoms with Crippen LogP contribution in [0.2, 0.25) is 5.02 Å². The Morgan fingerprint density at radius 3 is 2.56 bits per heavy atom. The van der Waals surface area contributed by atoms with Gasteiger partial charge in [-0.1, -0.05) is 29.8 Å². The zero-order valence-electron chi connectivity index (χ0n) is 13.7. The van der Waals surface area contributed by atoms with Crippen LogP contribution in [-0.4, -0.2) is 14.1 Å². The monoisotopic (exact) mass is 351 g/mol. The van der Waals surface area contributed by atoms with Gasteiger partial charge >= 0.3 is 0 Å². The molecule has 0 unspecified atom stereocenters. The highest BCUT2D eigenvalue weighted by Crippen LogP contribution is 2.18. The van der Waals surface area contributed by atoms with E-state index in [1.165, 1.54) is 4.57 Å². The van der Waals surface area contributed by atoms with Gasteiger partial charge in [-0.15, -0.1) is 0 Å². The van der Waals surface area contributed by atoms with Gasteiger partial charge in [-0.2, -0.15) is 0 Å². The van der Waals surface area contributed by atoms with Crippen molar-refractivity contribution in [3.63, 3.8) is 0 Å². The summed E-state index contributed by atoms with van der Waals surface area (Å²) in [7, 11) is 1.81. The van der Waals surface area contributed by atoms with Gasteiger partial charge in [0.25, 0.3) is 5.56 Å². The van der Waals surface area contributed by atoms with Gasteiger partial charge in [-0.25, -0.2) is 4.98 Å². The van der Waals surface area contributed by atoms with Crippen molar-refractivity contribution in [1.29, 1.82) is 0 Å². The molecule has 5 nitrogen and oxygen atoms in total. The van der Waals surface area contributed by atoms with E-state index in [4.69, 9.17) is 11.6 Å². The molecule has 0 radical (unpaired) electrons. The number of nitrogens with zero attached hydrogens (tertiary/aromatic N) is 3. The molecule has 4 aromatic rings. The highest BCUT2D eigenvalue weighted by Gasteiger charge is 2.17. The number of aryl methyl sites for hydroxylation is 2. The summed E-state index contributed by atoms with van der Waals surface area (Å²) in [6.07, 6.45) is 0. The minimum Gasteiger partial charge on any atom is -0.328 e. The number of para-hydroxylation sites is 1. The molecule has 0 amide bonds. The summed E-state index contributed by atoms with van der Waals surface area (Å²) in [4.78, 5) is 30.6. The number of benzene rings is 2. The molecule has 0 saturated heterocycles. The smallest absolute Gasteiger partial charge is 0.271 e. The fourth-order valence-corrected chi connectivity index (χ4v) is 3.37. The van der Waals surface area contributed by atoms with Crippen LogP contribution in [-0.2, 0) is 7.05 Å². The minimum atomic E-state index is -0.392. The van der Waals surface area contributed by atoms with E-state index >= 15 is 0 Å². The van der Waals surface area contributed by atoms with Crippen molar-refractivity contribution in [3.8, 4) is 5.69 Å². The van der Waals surface area contributed by atoms with Gasteiger partial charge in [0.2, 0.25) is 5.43 Å². The van der Waals surface area contributed by atoms with Crippen molar-refractivity contribution in [2.45, 2.75) is 6.92 Å². The molecular weight excluding hydrogens is 338 g/mol. The fraction of sp³-hybridized carbons (Fsp3) is 0.105. The molecule has 0 spiro atoms. The number of halogens is 1. The van der Waals surface area contributed by atoms with Crippen molar-refractivity contribution in [2.24, 2.45) is 7.05 Å². The van der Waals surface area contributed by atoms with E-state index in [0.717, 1.165) is 5.52 Å². The lowest BCUT2D eigenvalue weighted by molar-refractivity contribution is 0.866. The van der Waals surface area contributed by atoms with Crippen LogP contribution in [0.3, 0.4) is 0 Å². The zero-order valence-corrected chi connectivity index (χ0v) is 14.4. The Morgan fingerprint density at radius 2 is 1.80 bits per heavy atom. The zero-order chi connectivity index (χ0) is 17.7. The SMILES string of the molecule is Cc1nc2c(c(=O)c3ccccc3n2C)c(=O)n1-c1cccc(Cl)c1. The van der Waals surface area contributed by atoms with Crippen molar-refractivity contribution in [1.82, 2.24) is 14.1 Å². The van der Waals surface area contributed by atoms with Crippen LogP contribution in [0.15, 0.2) is 58.1 Å². The van der Waals surface area contributed by atoms with Crippen LogP contribution in [0.4, 0.5) is 0 Å². The van der Waals surface area contributed by atoms with Crippen LogP contribution in [0.5, 0.6) is 0 Å². The maximum absolute atomic E-state index is 13.1. The van der Waals surface area contributed by atoms with Crippen LogP contribution in [0, 0.1) is 6.92 Å². The first-order valence-electron chi connectivity index (χ1n) is 7.76. The Hall–Kier alpha value is -2.92. The molecule has 0 atom stereocenters. The van der Waals surface area contributed by atoms with Gasteiger partial charge in [0.05, 0.1) is 11.2 Å². The van der Waals surface area contributed by atoms with E-state index in [2.05, 4.69) is 4.98 Å². The standard InChI is InChI=1S/C19H14ClN3O2/c1-11-21-18-16(17(24)14-8-3-4-9-15(14)22(18)2)19(25)23(11)13-7-5-6-12(20)10-13/h3-10H,1-2H3. The number of fused-ring (bicyclic) bond motifs is 2. The van der Waals surface area contributed by atoms with Crippen molar-refractivity contribution < 1.29 is 0 Å². The second-order valence-corrected chi connectivity index (χ2v) is 6.32. The van der Waals surface area contributed by atoms with Crippen molar-refractivity contribution in [3.05, 3.63) is 80.0 Å². The third-order valence-electron chi connectivity index (χ3n) is 4.35.